The number of carbonyl (C=O) groups is 2. The Balaban J connectivity index is 1.71. The number of amides is 1. The van der Waals surface area contributed by atoms with Crippen molar-refractivity contribution in [1.29, 1.82) is 0 Å². The van der Waals surface area contributed by atoms with Gasteiger partial charge in [-0.25, -0.2) is 9.50 Å². The number of nitrogens with one attached hydrogen (secondary N) is 1. The summed E-state index contributed by atoms with van der Waals surface area (Å²) in [4.78, 5) is 29.7. The second-order valence-corrected chi connectivity index (χ2v) is 7.36. The van der Waals surface area contributed by atoms with Crippen LogP contribution in [-0.2, 0) is 6.18 Å². The SMILES string of the molecule is Cc1cc(C(F)(F)F)n2nc(C(=O)Nc3ccc(Cl)cc3C(=O)c3ccccc3)cc2n1. The van der Waals surface area contributed by atoms with Crippen molar-refractivity contribution in [2.24, 2.45) is 0 Å². The molecule has 10 heteroatoms. The van der Waals surface area contributed by atoms with Crippen molar-refractivity contribution in [2.45, 2.75) is 13.1 Å². The highest BCUT2D eigenvalue weighted by molar-refractivity contribution is 6.31. The van der Waals surface area contributed by atoms with Gasteiger partial charge in [-0.15, -0.1) is 0 Å². The minimum atomic E-state index is -4.68. The number of aromatic nitrogens is 3. The first-order valence-electron chi connectivity index (χ1n) is 9.29. The quantitative estimate of drug-likeness (QED) is 0.427. The van der Waals surface area contributed by atoms with Crippen LogP contribution in [0.1, 0.15) is 37.8 Å². The van der Waals surface area contributed by atoms with Crippen LogP contribution >= 0.6 is 11.6 Å². The van der Waals surface area contributed by atoms with E-state index in [0.717, 1.165) is 12.1 Å². The fraction of sp³-hybridized carbons (Fsp3) is 0.0909. The number of ketones is 1. The molecule has 0 bridgehead atoms. The van der Waals surface area contributed by atoms with Crippen molar-refractivity contribution in [3.8, 4) is 0 Å². The molecule has 1 amide bonds. The third-order valence-electron chi connectivity index (χ3n) is 4.59. The fourth-order valence-corrected chi connectivity index (χ4v) is 3.33. The number of anilines is 1. The largest absolute Gasteiger partial charge is 0.433 e. The summed E-state index contributed by atoms with van der Waals surface area (Å²) in [6.07, 6.45) is -4.68. The van der Waals surface area contributed by atoms with Crippen LogP contribution in [-0.4, -0.2) is 26.3 Å². The lowest BCUT2D eigenvalue weighted by atomic mass is 10.0. The molecule has 4 rings (SSSR count). The lowest BCUT2D eigenvalue weighted by Gasteiger charge is -2.10. The van der Waals surface area contributed by atoms with Crippen LogP contribution in [0.3, 0.4) is 0 Å². The summed E-state index contributed by atoms with van der Waals surface area (Å²) in [6.45, 7) is 1.41. The summed E-state index contributed by atoms with van der Waals surface area (Å²) < 4.78 is 40.6. The van der Waals surface area contributed by atoms with E-state index in [1.807, 2.05) is 0 Å². The van der Waals surface area contributed by atoms with E-state index >= 15 is 0 Å². The number of rotatable bonds is 4. The summed E-state index contributed by atoms with van der Waals surface area (Å²) in [7, 11) is 0. The number of halogens is 4. The molecule has 1 N–H and O–H groups in total. The second-order valence-electron chi connectivity index (χ2n) is 6.92. The van der Waals surface area contributed by atoms with Gasteiger partial charge in [0.15, 0.2) is 17.1 Å². The Kier molecular flexibility index (Phi) is 5.43. The van der Waals surface area contributed by atoms with Gasteiger partial charge in [-0.1, -0.05) is 41.9 Å². The maximum Gasteiger partial charge on any atom is 0.433 e. The highest BCUT2D eigenvalue weighted by Gasteiger charge is 2.35. The van der Waals surface area contributed by atoms with E-state index in [4.69, 9.17) is 11.6 Å². The molecule has 0 aliphatic rings. The van der Waals surface area contributed by atoms with E-state index in [1.165, 1.54) is 25.1 Å². The molecular formula is C22H14ClF3N4O2. The van der Waals surface area contributed by atoms with Gasteiger partial charge in [0.05, 0.1) is 5.69 Å². The van der Waals surface area contributed by atoms with Crippen LogP contribution in [0.15, 0.2) is 60.7 Å². The molecule has 0 aliphatic carbocycles. The van der Waals surface area contributed by atoms with Gasteiger partial charge in [0.25, 0.3) is 5.91 Å². The fourth-order valence-electron chi connectivity index (χ4n) is 3.16. The van der Waals surface area contributed by atoms with Crippen LogP contribution in [0.25, 0.3) is 5.65 Å². The third kappa shape index (κ3) is 4.19. The van der Waals surface area contributed by atoms with Crippen LogP contribution in [0.2, 0.25) is 5.02 Å². The first kappa shape index (κ1) is 21.5. The highest BCUT2D eigenvalue weighted by atomic mass is 35.5. The number of carbonyl (C=O) groups excluding carboxylic acids is 2. The van der Waals surface area contributed by atoms with Gasteiger partial charge in [0.1, 0.15) is 5.69 Å². The Labute approximate surface area is 184 Å². The standard InChI is InChI=1S/C22H14ClF3N4O2/c1-12-9-18(22(24,25)26)30-19(27-12)11-17(29-30)21(32)28-16-8-7-14(23)10-15(16)20(31)13-5-3-2-4-6-13/h2-11H,1H3,(H,28,32). The third-order valence-corrected chi connectivity index (χ3v) is 4.82. The molecule has 0 spiro atoms. The van der Waals surface area contributed by atoms with Gasteiger partial charge in [-0.05, 0) is 31.2 Å². The monoisotopic (exact) mass is 458 g/mol. The smallest absolute Gasteiger partial charge is 0.320 e. The van der Waals surface area contributed by atoms with Crippen molar-refractivity contribution >= 4 is 34.6 Å². The molecule has 0 saturated heterocycles. The molecule has 0 atom stereocenters. The van der Waals surface area contributed by atoms with E-state index in [9.17, 15) is 22.8 Å². The zero-order valence-electron chi connectivity index (χ0n) is 16.4. The molecule has 2 aromatic carbocycles. The maximum atomic E-state index is 13.4. The van der Waals surface area contributed by atoms with E-state index in [1.54, 1.807) is 30.3 Å². The Morgan fingerprint density at radius 2 is 1.75 bits per heavy atom. The summed E-state index contributed by atoms with van der Waals surface area (Å²) in [5.41, 5.74) is -0.680. The van der Waals surface area contributed by atoms with Crippen molar-refractivity contribution in [2.75, 3.05) is 5.32 Å². The number of hydrogen-bond donors (Lipinski definition) is 1. The molecule has 0 unspecified atom stereocenters. The Bertz CT molecular complexity index is 1350. The molecule has 162 valence electrons. The zero-order chi connectivity index (χ0) is 23.0. The zero-order valence-corrected chi connectivity index (χ0v) is 17.2. The van der Waals surface area contributed by atoms with Gasteiger partial charge < -0.3 is 5.32 Å². The molecule has 0 aliphatic heterocycles. The number of benzene rings is 2. The van der Waals surface area contributed by atoms with Gasteiger partial charge in [0, 0.05) is 27.9 Å². The number of hydrogen-bond acceptors (Lipinski definition) is 4. The average molecular weight is 459 g/mol. The second kappa shape index (κ2) is 8.08. The first-order valence-corrected chi connectivity index (χ1v) is 9.66. The van der Waals surface area contributed by atoms with Crippen LogP contribution in [0.4, 0.5) is 18.9 Å². The summed E-state index contributed by atoms with van der Waals surface area (Å²) in [6, 6.07) is 14.7. The maximum absolute atomic E-state index is 13.4. The molecule has 2 heterocycles. The molecule has 4 aromatic rings. The molecular weight excluding hydrogens is 445 g/mol. The van der Waals surface area contributed by atoms with Gasteiger partial charge in [0.2, 0.25) is 0 Å². The van der Waals surface area contributed by atoms with Crippen LogP contribution in [0, 0.1) is 6.92 Å². The molecule has 32 heavy (non-hydrogen) atoms. The van der Waals surface area contributed by atoms with Crippen molar-refractivity contribution in [3.63, 3.8) is 0 Å². The Morgan fingerprint density at radius 1 is 1.03 bits per heavy atom. The van der Waals surface area contributed by atoms with Crippen molar-refractivity contribution < 1.29 is 22.8 Å². The topological polar surface area (TPSA) is 76.4 Å². The summed E-state index contributed by atoms with van der Waals surface area (Å²) >= 11 is 6.03. The van der Waals surface area contributed by atoms with E-state index < -0.39 is 17.8 Å². The number of aryl methyl sites for hydroxylation is 1. The highest BCUT2D eigenvalue weighted by Crippen LogP contribution is 2.30. The van der Waals surface area contributed by atoms with E-state index in [-0.39, 0.29) is 39.1 Å². The lowest BCUT2D eigenvalue weighted by molar-refractivity contribution is -0.142. The summed E-state index contributed by atoms with van der Waals surface area (Å²) in [5, 5.41) is 6.59. The number of fused-ring (bicyclic) bond motifs is 1. The normalized spacial score (nSPS) is 11.5. The minimum Gasteiger partial charge on any atom is -0.320 e. The van der Waals surface area contributed by atoms with Gasteiger partial charge in [-0.2, -0.15) is 18.3 Å². The predicted molar refractivity (Wildman–Crippen MR) is 112 cm³/mol. The van der Waals surface area contributed by atoms with E-state index in [2.05, 4.69) is 15.4 Å². The molecule has 2 aromatic heterocycles. The van der Waals surface area contributed by atoms with Crippen LogP contribution < -0.4 is 5.32 Å². The van der Waals surface area contributed by atoms with Gasteiger partial charge in [-0.3, -0.25) is 9.59 Å². The first-order chi connectivity index (χ1) is 15.1. The van der Waals surface area contributed by atoms with Gasteiger partial charge >= 0.3 is 6.18 Å². The molecule has 0 radical (unpaired) electrons. The van der Waals surface area contributed by atoms with E-state index in [0.29, 0.717) is 10.1 Å². The Hall–Kier alpha value is -3.72. The lowest BCUT2D eigenvalue weighted by Crippen LogP contribution is -2.17. The van der Waals surface area contributed by atoms with Crippen molar-refractivity contribution in [3.05, 3.63) is 93.9 Å². The van der Waals surface area contributed by atoms with Crippen LogP contribution in [0.5, 0.6) is 0 Å². The average Bonchev–Trinajstić information content (AvgIpc) is 3.17. The number of alkyl halides is 3. The Morgan fingerprint density at radius 3 is 2.44 bits per heavy atom. The number of nitrogens with zero attached hydrogens (tertiary/aromatic N) is 3. The summed E-state index contributed by atoms with van der Waals surface area (Å²) in [5.74, 6) is -1.18. The molecule has 6 nitrogen and oxygen atoms in total. The predicted octanol–water partition coefficient (Wildman–Crippen LogP) is 5.19. The molecule has 0 saturated carbocycles. The van der Waals surface area contributed by atoms with Crippen molar-refractivity contribution in [1.82, 2.24) is 14.6 Å². The molecule has 0 fully saturated rings. The minimum absolute atomic E-state index is 0.126.